The molecular weight excluding hydrogens is 210 g/mol. The summed E-state index contributed by atoms with van der Waals surface area (Å²) in [6, 6.07) is 8.66. The molecule has 1 N–H and O–H groups in total. The Labute approximate surface area is 103 Å². The fraction of sp³-hybridized carbons (Fsp3) is 0.533. The largest absolute Gasteiger partial charge is 0.356 e. The molecule has 0 atom stereocenters. The molecule has 17 heavy (non-hydrogen) atoms. The van der Waals surface area contributed by atoms with Gasteiger partial charge in [-0.05, 0) is 36.8 Å². The third-order valence-electron chi connectivity index (χ3n) is 3.62. The first-order valence-electron chi connectivity index (χ1n) is 6.65. The van der Waals surface area contributed by atoms with Crippen molar-refractivity contribution in [3.63, 3.8) is 0 Å². The summed E-state index contributed by atoms with van der Waals surface area (Å²) < 4.78 is 0. The van der Waals surface area contributed by atoms with E-state index in [4.69, 9.17) is 0 Å². The molecule has 0 saturated heterocycles. The average molecular weight is 231 g/mol. The van der Waals surface area contributed by atoms with E-state index in [0.717, 1.165) is 32.2 Å². The van der Waals surface area contributed by atoms with E-state index in [1.54, 1.807) is 0 Å². The molecule has 0 radical (unpaired) electrons. The highest BCUT2D eigenvalue weighted by Crippen LogP contribution is 2.26. The zero-order valence-corrected chi connectivity index (χ0v) is 10.5. The van der Waals surface area contributed by atoms with Crippen LogP contribution in [-0.2, 0) is 17.6 Å². The van der Waals surface area contributed by atoms with Crippen molar-refractivity contribution in [3.05, 3.63) is 35.4 Å². The molecule has 2 heteroatoms. The van der Waals surface area contributed by atoms with E-state index in [1.165, 1.54) is 17.5 Å². The Morgan fingerprint density at radius 1 is 1.24 bits per heavy atom. The van der Waals surface area contributed by atoms with E-state index in [2.05, 4.69) is 36.5 Å². The summed E-state index contributed by atoms with van der Waals surface area (Å²) in [6.07, 6.45) is 5.39. The lowest BCUT2D eigenvalue weighted by atomic mass is 9.85. The number of amides is 1. The average Bonchev–Trinajstić information content (AvgIpc) is 2.27. The predicted octanol–water partition coefficient (Wildman–Crippen LogP) is 2.71. The lowest BCUT2D eigenvalue weighted by Gasteiger charge is -2.24. The highest BCUT2D eigenvalue weighted by Gasteiger charge is 2.24. The van der Waals surface area contributed by atoms with Crippen LogP contribution in [0.4, 0.5) is 0 Å². The molecule has 0 aliphatic heterocycles. The van der Waals surface area contributed by atoms with E-state index in [9.17, 15) is 4.79 Å². The highest BCUT2D eigenvalue weighted by molar-refractivity contribution is 5.79. The zero-order chi connectivity index (χ0) is 12.1. The van der Waals surface area contributed by atoms with E-state index in [1.807, 2.05) is 0 Å². The van der Waals surface area contributed by atoms with Gasteiger partial charge in [-0.15, -0.1) is 0 Å². The van der Waals surface area contributed by atoms with E-state index < -0.39 is 0 Å². The highest BCUT2D eigenvalue weighted by atomic mass is 16.1. The summed E-state index contributed by atoms with van der Waals surface area (Å²) in [5.74, 6) is 0.555. The van der Waals surface area contributed by atoms with Gasteiger partial charge >= 0.3 is 0 Å². The summed E-state index contributed by atoms with van der Waals surface area (Å²) in [7, 11) is 0. The molecule has 1 aromatic carbocycles. The van der Waals surface area contributed by atoms with Crippen molar-refractivity contribution in [1.82, 2.24) is 5.32 Å². The Hall–Kier alpha value is -1.31. The summed E-state index contributed by atoms with van der Waals surface area (Å²) in [6.45, 7) is 2.93. The molecule has 0 aromatic heterocycles. The number of benzene rings is 1. The van der Waals surface area contributed by atoms with Crippen LogP contribution < -0.4 is 5.32 Å². The SMILES string of the molecule is CCc1ccc(CCNC(=O)C2CCC2)cc1. The van der Waals surface area contributed by atoms with Crippen LogP contribution in [0.3, 0.4) is 0 Å². The van der Waals surface area contributed by atoms with Gasteiger partial charge in [0.15, 0.2) is 0 Å². The van der Waals surface area contributed by atoms with Gasteiger partial charge in [0.05, 0.1) is 0 Å². The first-order valence-corrected chi connectivity index (χ1v) is 6.65. The number of nitrogens with one attached hydrogen (secondary N) is 1. The predicted molar refractivity (Wildman–Crippen MR) is 69.9 cm³/mol. The number of hydrogen-bond acceptors (Lipinski definition) is 1. The lowest BCUT2D eigenvalue weighted by Crippen LogP contribution is -2.35. The van der Waals surface area contributed by atoms with Crippen molar-refractivity contribution in [2.24, 2.45) is 5.92 Å². The van der Waals surface area contributed by atoms with Crippen LogP contribution in [0.2, 0.25) is 0 Å². The first kappa shape index (κ1) is 12.2. The van der Waals surface area contributed by atoms with Gasteiger partial charge in [0.25, 0.3) is 0 Å². The molecule has 92 valence electrons. The Morgan fingerprint density at radius 2 is 1.88 bits per heavy atom. The van der Waals surface area contributed by atoms with Gasteiger partial charge in [-0.1, -0.05) is 37.6 Å². The maximum absolute atomic E-state index is 11.6. The van der Waals surface area contributed by atoms with E-state index in [0.29, 0.717) is 5.92 Å². The monoisotopic (exact) mass is 231 g/mol. The molecule has 2 nitrogen and oxygen atoms in total. The van der Waals surface area contributed by atoms with Crippen LogP contribution in [0.1, 0.15) is 37.3 Å². The molecule has 0 unspecified atom stereocenters. The summed E-state index contributed by atoms with van der Waals surface area (Å²) in [5, 5.41) is 3.02. The van der Waals surface area contributed by atoms with Crippen LogP contribution in [0, 0.1) is 5.92 Å². The first-order chi connectivity index (χ1) is 8.29. The second kappa shape index (κ2) is 5.85. The summed E-state index contributed by atoms with van der Waals surface area (Å²) in [5.41, 5.74) is 2.67. The minimum absolute atomic E-state index is 0.251. The molecule has 1 amide bonds. The molecule has 1 aromatic rings. The smallest absolute Gasteiger partial charge is 0.223 e. The van der Waals surface area contributed by atoms with Gasteiger partial charge in [-0.3, -0.25) is 4.79 Å². The molecular formula is C15H21NO. The lowest BCUT2D eigenvalue weighted by molar-refractivity contribution is -0.127. The minimum atomic E-state index is 0.251. The molecule has 1 aliphatic carbocycles. The summed E-state index contributed by atoms with van der Waals surface area (Å²) in [4.78, 5) is 11.6. The van der Waals surface area contributed by atoms with Gasteiger partial charge in [-0.2, -0.15) is 0 Å². The fourth-order valence-corrected chi connectivity index (χ4v) is 2.09. The molecule has 1 saturated carbocycles. The van der Waals surface area contributed by atoms with Crippen molar-refractivity contribution in [2.45, 2.75) is 39.0 Å². The number of carbonyl (C=O) groups excluding carboxylic acids is 1. The van der Waals surface area contributed by atoms with Crippen molar-refractivity contribution in [3.8, 4) is 0 Å². The topological polar surface area (TPSA) is 29.1 Å². The van der Waals surface area contributed by atoms with Crippen molar-refractivity contribution >= 4 is 5.91 Å². The van der Waals surface area contributed by atoms with Crippen LogP contribution >= 0.6 is 0 Å². The number of carbonyl (C=O) groups is 1. The molecule has 0 bridgehead atoms. The Bertz CT molecular complexity index is 365. The third kappa shape index (κ3) is 3.32. The number of rotatable bonds is 5. The second-order valence-corrected chi connectivity index (χ2v) is 4.84. The maximum atomic E-state index is 11.6. The van der Waals surface area contributed by atoms with Gasteiger partial charge in [0.2, 0.25) is 5.91 Å². The normalized spacial score (nSPS) is 15.4. The number of aryl methyl sites for hydroxylation is 1. The van der Waals surface area contributed by atoms with Gasteiger partial charge in [0.1, 0.15) is 0 Å². The molecule has 1 aliphatic rings. The maximum Gasteiger partial charge on any atom is 0.223 e. The molecule has 1 fully saturated rings. The molecule has 0 heterocycles. The second-order valence-electron chi connectivity index (χ2n) is 4.84. The van der Waals surface area contributed by atoms with Gasteiger partial charge < -0.3 is 5.32 Å². The van der Waals surface area contributed by atoms with E-state index >= 15 is 0 Å². The number of hydrogen-bond donors (Lipinski definition) is 1. The van der Waals surface area contributed by atoms with Crippen LogP contribution in [0.5, 0.6) is 0 Å². The van der Waals surface area contributed by atoms with E-state index in [-0.39, 0.29) is 5.91 Å². The van der Waals surface area contributed by atoms with Crippen molar-refractivity contribution < 1.29 is 4.79 Å². The Balaban J connectivity index is 1.71. The Morgan fingerprint density at radius 3 is 2.41 bits per heavy atom. The standard InChI is InChI=1S/C15H21NO/c1-2-12-6-8-13(9-7-12)10-11-16-15(17)14-4-3-5-14/h6-9,14H,2-5,10-11H2,1H3,(H,16,17). The molecule has 0 spiro atoms. The van der Waals surface area contributed by atoms with Crippen molar-refractivity contribution in [2.75, 3.05) is 6.54 Å². The third-order valence-corrected chi connectivity index (χ3v) is 3.62. The van der Waals surface area contributed by atoms with Gasteiger partial charge in [-0.25, -0.2) is 0 Å². The quantitative estimate of drug-likeness (QED) is 0.829. The summed E-state index contributed by atoms with van der Waals surface area (Å²) >= 11 is 0. The fourth-order valence-electron chi connectivity index (χ4n) is 2.09. The zero-order valence-electron chi connectivity index (χ0n) is 10.5. The van der Waals surface area contributed by atoms with Crippen LogP contribution in [0.15, 0.2) is 24.3 Å². The van der Waals surface area contributed by atoms with Crippen LogP contribution in [-0.4, -0.2) is 12.5 Å². The van der Waals surface area contributed by atoms with Crippen molar-refractivity contribution in [1.29, 1.82) is 0 Å². The Kier molecular flexibility index (Phi) is 4.18. The minimum Gasteiger partial charge on any atom is -0.356 e. The van der Waals surface area contributed by atoms with Crippen LogP contribution in [0.25, 0.3) is 0 Å². The van der Waals surface area contributed by atoms with Gasteiger partial charge in [0, 0.05) is 12.5 Å². The molecule has 2 rings (SSSR count).